The van der Waals surface area contributed by atoms with Crippen molar-refractivity contribution in [3.8, 4) is 6.07 Å². The Morgan fingerprint density at radius 1 is 1.05 bits per heavy atom. The molecule has 0 aliphatic rings. The summed E-state index contributed by atoms with van der Waals surface area (Å²) in [6, 6.07) is 20.5. The number of nitrogens with one attached hydrogen (secondary N) is 1. The number of rotatable bonds is 5. The fourth-order valence-corrected chi connectivity index (χ4v) is 2.20. The van der Waals surface area contributed by atoms with Crippen molar-refractivity contribution >= 4 is 11.4 Å². The number of nitrogens with zero attached hydrogens (tertiary/aromatic N) is 2. The summed E-state index contributed by atoms with van der Waals surface area (Å²) < 4.78 is 0. The molecule has 0 fully saturated rings. The van der Waals surface area contributed by atoms with Crippen LogP contribution in [0.25, 0.3) is 0 Å². The molecule has 1 N–H and O–H groups in total. The molecule has 0 aliphatic heterocycles. The Kier molecular flexibility index (Phi) is 4.62. The van der Waals surface area contributed by atoms with Crippen molar-refractivity contribution in [2.45, 2.75) is 12.5 Å². The van der Waals surface area contributed by atoms with Crippen LogP contribution in [0.3, 0.4) is 0 Å². The molecule has 1 unspecified atom stereocenters. The first-order valence-corrected chi connectivity index (χ1v) is 6.67. The highest BCUT2D eigenvalue weighted by atomic mass is 15.1. The smallest absolute Gasteiger partial charge is 0.0647 e. The molecule has 0 spiro atoms. The Balaban J connectivity index is 2.28. The summed E-state index contributed by atoms with van der Waals surface area (Å²) in [5.41, 5.74) is 3.29. The molecule has 2 rings (SSSR count). The van der Waals surface area contributed by atoms with Gasteiger partial charge in [-0.25, -0.2) is 0 Å². The van der Waals surface area contributed by atoms with Gasteiger partial charge in [0.25, 0.3) is 0 Å². The molecule has 0 bridgehead atoms. The summed E-state index contributed by atoms with van der Waals surface area (Å²) in [6.45, 7) is 0. The van der Waals surface area contributed by atoms with E-state index in [0.717, 1.165) is 16.9 Å². The molecule has 0 saturated heterocycles. The van der Waals surface area contributed by atoms with Crippen molar-refractivity contribution in [2.24, 2.45) is 0 Å². The van der Waals surface area contributed by atoms with Gasteiger partial charge in [0, 0.05) is 14.1 Å². The van der Waals surface area contributed by atoms with E-state index in [2.05, 4.69) is 22.4 Å². The monoisotopic (exact) mass is 265 g/mol. The summed E-state index contributed by atoms with van der Waals surface area (Å²) in [6.07, 6.45) is 0.436. The van der Waals surface area contributed by atoms with E-state index in [4.69, 9.17) is 5.26 Å². The van der Waals surface area contributed by atoms with Crippen molar-refractivity contribution in [1.29, 1.82) is 5.26 Å². The van der Waals surface area contributed by atoms with E-state index in [1.807, 2.05) is 62.6 Å². The Labute approximate surface area is 120 Å². The minimum atomic E-state index is 0.00213. The highest BCUT2D eigenvalue weighted by Gasteiger charge is 2.13. The average molecular weight is 265 g/mol. The lowest BCUT2D eigenvalue weighted by Crippen LogP contribution is -2.15. The van der Waals surface area contributed by atoms with Gasteiger partial charge in [-0.1, -0.05) is 42.5 Å². The fraction of sp³-hybridized carbons (Fsp3) is 0.235. The maximum atomic E-state index is 9.05. The topological polar surface area (TPSA) is 39.1 Å². The van der Waals surface area contributed by atoms with Gasteiger partial charge in [0.2, 0.25) is 0 Å². The quantitative estimate of drug-likeness (QED) is 0.893. The SMILES string of the molecule is CN(C)c1ccccc1NC(CC#N)c1ccccc1. The Hall–Kier alpha value is -2.47. The van der Waals surface area contributed by atoms with E-state index in [9.17, 15) is 0 Å². The van der Waals surface area contributed by atoms with Gasteiger partial charge in [-0.3, -0.25) is 0 Å². The first-order chi connectivity index (χ1) is 9.72. The van der Waals surface area contributed by atoms with E-state index in [1.54, 1.807) is 0 Å². The molecule has 0 radical (unpaired) electrons. The molecule has 0 aromatic heterocycles. The summed E-state index contributed by atoms with van der Waals surface area (Å²) in [4.78, 5) is 2.07. The molecule has 102 valence electrons. The average Bonchev–Trinajstić information content (AvgIpc) is 2.48. The molecule has 0 aliphatic carbocycles. The van der Waals surface area contributed by atoms with Crippen molar-refractivity contribution in [1.82, 2.24) is 0 Å². The standard InChI is InChI=1S/C17H19N3/c1-20(2)17-11-7-6-10-16(17)19-15(12-13-18)14-8-4-3-5-9-14/h3-11,15,19H,12H2,1-2H3. The van der Waals surface area contributed by atoms with Crippen molar-refractivity contribution in [2.75, 3.05) is 24.3 Å². The second kappa shape index (κ2) is 6.63. The van der Waals surface area contributed by atoms with Gasteiger partial charge in [0.05, 0.1) is 29.9 Å². The lowest BCUT2D eigenvalue weighted by Gasteiger charge is -2.23. The number of nitriles is 1. The number of hydrogen-bond acceptors (Lipinski definition) is 3. The fourth-order valence-electron chi connectivity index (χ4n) is 2.20. The molecule has 2 aromatic rings. The lowest BCUT2D eigenvalue weighted by atomic mass is 10.0. The molecule has 0 amide bonds. The maximum absolute atomic E-state index is 9.05. The van der Waals surface area contributed by atoms with Crippen LogP contribution >= 0.6 is 0 Å². The van der Waals surface area contributed by atoms with Gasteiger partial charge in [0.15, 0.2) is 0 Å². The number of anilines is 2. The lowest BCUT2D eigenvalue weighted by molar-refractivity contribution is 0.805. The molecule has 3 nitrogen and oxygen atoms in total. The Morgan fingerprint density at radius 2 is 1.70 bits per heavy atom. The molecule has 20 heavy (non-hydrogen) atoms. The van der Waals surface area contributed by atoms with Gasteiger partial charge in [-0.15, -0.1) is 0 Å². The van der Waals surface area contributed by atoms with Gasteiger partial charge < -0.3 is 10.2 Å². The highest BCUT2D eigenvalue weighted by molar-refractivity contribution is 5.70. The molecular weight excluding hydrogens is 246 g/mol. The second-order valence-electron chi connectivity index (χ2n) is 4.88. The number of benzene rings is 2. The summed E-state index contributed by atoms with van der Waals surface area (Å²) in [5.74, 6) is 0. The molecule has 0 saturated carbocycles. The first kappa shape index (κ1) is 14.0. The number of hydrogen-bond donors (Lipinski definition) is 1. The van der Waals surface area contributed by atoms with Gasteiger partial charge >= 0.3 is 0 Å². The van der Waals surface area contributed by atoms with Crippen LogP contribution in [0, 0.1) is 11.3 Å². The zero-order valence-corrected chi connectivity index (χ0v) is 11.9. The first-order valence-electron chi connectivity index (χ1n) is 6.67. The molecule has 3 heteroatoms. The third-order valence-corrected chi connectivity index (χ3v) is 3.21. The van der Waals surface area contributed by atoms with Crippen LogP contribution in [0.1, 0.15) is 18.0 Å². The van der Waals surface area contributed by atoms with Crippen LogP contribution in [0.15, 0.2) is 54.6 Å². The minimum absolute atomic E-state index is 0.00213. The van der Waals surface area contributed by atoms with Crippen LogP contribution in [-0.4, -0.2) is 14.1 Å². The van der Waals surface area contributed by atoms with Gasteiger partial charge in [-0.05, 0) is 17.7 Å². The third kappa shape index (κ3) is 3.30. The zero-order chi connectivity index (χ0) is 14.4. The van der Waals surface area contributed by atoms with Gasteiger partial charge in [-0.2, -0.15) is 5.26 Å². The van der Waals surface area contributed by atoms with Crippen LogP contribution in [-0.2, 0) is 0 Å². The molecular formula is C17H19N3. The molecule has 1 atom stereocenters. The summed E-state index contributed by atoms with van der Waals surface area (Å²) in [5, 5.41) is 12.5. The predicted octanol–water partition coefficient (Wildman–Crippen LogP) is 3.82. The van der Waals surface area contributed by atoms with Crippen LogP contribution < -0.4 is 10.2 Å². The molecule has 0 heterocycles. The van der Waals surface area contributed by atoms with Crippen molar-refractivity contribution in [3.05, 3.63) is 60.2 Å². The van der Waals surface area contributed by atoms with E-state index in [-0.39, 0.29) is 6.04 Å². The van der Waals surface area contributed by atoms with E-state index in [1.165, 1.54) is 0 Å². The zero-order valence-electron chi connectivity index (χ0n) is 11.9. The number of para-hydroxylation sites is 2. The van der Waals surface area contributed by atoms with Crippen molar-refractivity contribution < 1.29 is 0 Å². The Bertz CT molecular complexity index is 585. The van der Waals surface area contributed by atoms with Crippen molar-refractivity contribution in [3.63, 3.8) is 0 Å². The highest BCUT2D eigenvalue weighted by Crippen LogP contribution is 2.29. The molecule has 2 aromatic carbocycles. The Morgan fingerprint density at radius 3 is 2.35 bits per heavy atom. The summed E-state index contributed by atoms with van der Waals surface area (Å²) in [7, 11) is 4.03. The van der Waals surface area contributed by atoms with E-state index >= 15 is 0 Å². The maximum Gasteiger partial charge on any atom is 0.0647 e. The van der Waals surface area contributed by atoms with Crippen LogP contribution in [0.5, 0.6) is 0 Å². The van der Waals surface area contributed by atoms with E-state index < -0.39 is 0 Å². The largest absolute Gasteiger partial charge is 0.376 e. The predicted molar refractivity (Wildman–Crippen MR) is 83.8 cm³/mol. The summed E-state index contributed by atoms with van der Waals surface area (Å²) >= 11 is 0. The van der Waals surface area contributed by atoms with Crippen LogP contribution in [0.4, 0.5) is 11.4 Å². The van der Waals surface area contributed by atoms with Crippen LogP contribution in [0.2, 0.25) is 0 Å². The van der Waals surface area contributed by atoms with Gasteiger partial charge in [0.1, 0.15) is 0 Å². The third-order valence-electron chi connectivity index (χ3n) is 3.21. The normalized spacial score (nSPS) is 11.4. The minimum Gasteiger partial charge on any atom is -0.376 e. The van der Waals surface area contributed by atoms with E-state index in [0.29, 0.717) is 6.42 Å². The second-order valence-corrected chi connectivity index (χ2v) is 4.88.